The standard InChI is InChI=1S/C16H26O3Si/c1-15(2)18-13(12-10-8-7-9-11-12)14(19-15)16(3,17)20(4,5)6/h7-11,13-14,17H,1-6H3/t13-,14+,16+/m1/s1. The molecule has 1 fully saturated rings. The Bertz CT molecular complexity index is 462. The minimum atomic E-state index is -1.84. The number of aliphatic hydroxyl groups is 1. The normalized spacial score (nSPS) is 29.1. The molecule has 3 nitrogen and oxygen atoms in total. The van der Waals surface area contributed by atoms with Crippen LogP contribution in [0.3, 0.4) is 0 Å². The predicted molar refractivity (Wildman–Crippen MR) is 83.2 cm³/mol. The SMILES string of the molecule is CC1(C)O[C@H](c2ccccc2)[C@@H]([C@@](C)(O)[Si](C)(C)C)O1. The van der Waals surface area contributed by atoms with E-state index in [-0.39, 0.29) is 12.2 Å². The van der Waals surface area contributed by atoms with Crippen molar-refractivity contribution in [3.8, 4) is 0 Å². The van der Waals surface area contributed by atoms with Crippen LogP contribution in [0.25, 0.3) is 0 Å². The third-order valence-corrected chi connectivity index (χ3v) is 7.62. The molecular formula is C16H26O3Si. The van der Waals surface area contributed by atoms with Crippen LogP contribution in [-0.4, -0.2) is 30.3 Å². The Balaban J connectivity index is 2.40. The van der Waals surface area contributed by atoms with Gasteiger partial charge in [0.25, 0.3) is 0 Å². The summed E-state index contributed by atoms with van der Waals surface area (Å²) in [7, 11) is -1.84. The molecule has 0 radical (unpaired) electrons. The van der Waals surface area contributed by atoms with Gasteiger partial charge in [0.05, 0.1) is 13.3 Å². The van der Waals surface area contributed by atoms with Crippen molar-refractivity contribution in [1.29, 1.82) is 0 Å². The summed E-state index contributed by atoms with van der Waals surface area (Å²) in [5.74, 6) is -0.672. The third kappa shape index (κ3) is 2.84. The maximum Gasteiger partial charge on any atom is 0.164 e. The number of hydrogen-bond acceptors (Lipinski definition) is 3. The van der Waals surface area contributed by atoms with E-state index in [1.165, 1.54) is 0 Å². The summed E-state index contributed by atoms with van der Waals surface area (Å²) in [6.45, 7) is 12.2. The fourth-order valence-corrected chi connectivity index (χ4v) is 3.55. The molecule has 1 aromatic rings. The highest BCUT2D eigenvalue weighted by molar-refractivity contribution is 6.79. The molecule has 1 aliphatic heterocycles. The second kappa shape index (κ2) is 4.95. The molecule has 112 valence electrons. The second-order valence-corrected chi connectivity index (χ2v) is 12.8. The molecule has 1 aromatic carbocycles. The van der Waals surface area contributed by atoms with Gasteiger partial charge < -0.3 is 14.6 Å². The first kappa shape index (κ1) is 15.7. The van der Waals surface area contributed by atoms with Crippen LogP contribution in [0.15, 0.2) is 30.3 Å². The molecule has 1 N–H and O–H groups in total. The molecule has 1 aliphatic rings. The topological polar surface area (TPSA) is 38.7 Å². The number of ether oxygens (including phenoxy) is 2. The third-order valence-electron chi connectivity index (χ3n) is 4.30. The van der Waals surface area contributed by atoms with Crippen molar-refractivity contribution < 1.29 is 14.6 Å². The maximum atomic E-state index is 11.1. The van der Waals surface area contributed by atoms with Crippen LogP contribution in [0.4, 0.5) is 0 Å². The molecule has 0 aliphatic carbocycles. The van der Waals surface area contributed by atoms with Gasteiger partial charge in [0, 0.05) is 0 Å². The Morgan fingerprint density at radius 2 is 1.65 bits per heavy atom. The zero-order valence-corrected chi connectivity index (χ0v) is 14.3. The maximum absolute atomic E-state index is 11.1. The first-order valence-electron chi connectivity index (χ1n) is 7.17. The fourth-order valence-electron chi connectivity index (χ4n) is 2.48. The van der Waals surface area contributed by atoms with Gasteiger partial charge in [-0.25, -0.2) is 0 Å². The quantitative estimate of drug-likeness (QED) is 0.867. The van der Waals surface area contributed by atoms with Crippen molar-refractivity contribution in [1.82, 2.24) is 0 Å². The first-order chi connectivity index (χ1) is 9.05. The molecule has 0 amide bonds. The van der Waals surface area contributed by atoms with Crippen LogP contribution in [-0.2, 0) is 9.47 Å². The highest BCUT2D eigenvalue weighted by Gasteiger charge is 2.55. The number of benzene rings is 1. The lowest BCUT2D eigenvalue weighted by atomic mass is 10.0. The van der Waals surface area contributed by atoms with E-state index in [0.29, 0.717) is 0 Å². The molecule has 1 saturated heterocycles. The minimum absolute atomic E-state index is 0.229. The molecule has 0 saturated carbocycles. The van der Waals surface area contributed by atoms with Crippen molar-refractivity contribution >= 4 is 8.07 Å². The number of rotatable bonds is 3. The molecule has 2 rings (SSSR count). The second-order valence-electron chi connectivity index (χ2n) is 7.28. The zero-order chi connectivity index (χ0) is 15.2. The van der Waals surface area contributed by atoms with E-state index in [4.69, 9.17) is 9.47 Å². The van der Waals surface area contributed by atoms with Gasteiger partial charge in [0.15, 0.2) is 5.79 Å². The predicted octanol–water partition coefficient (Wildman–Crippen LogP) is 3.51. The van der Waals surface area contributed by atoms with Crippen LogP contribution in [0.2, 0.25) is 19.6 Å². The minimum Gasteiger partial charge on any atom is -0.391 e. The van der Waals surface area contributed by atoms with E-state index < -0.39 is 19.1 Å². The Morgan fingerprint density at radius 3 is 2.15 bits per heavy atom. The molecule has 20 heavy (non-hydrogen) atoms. The van der Waals surface area contributed by atoms with Gasteiger partial charge in [0.2, 0.25) is 0 Å². The lowest BCUT2D eigenvalue weighted by Crippen LogP contribution is -2.59. The van der Waals surface area contributed by atoms with Gasteiger partial charge in [-0.05, 0) is 26.3 Å². The molecule has 0 unspecified atom stereocenters. The Morgan fingerprint density at radius 1 is 1.10 bits per heavy atom. The monoisotopic (exact) mass is 294 g/mol. The Labute approximate surface area is 122 Å². The lowest BCUT2D eigenvalue weighted by molar-refractivity contribution is -0.159. The molecular weight excluding hydrogens is 268 g/mol. The van der Waals surface area contributed by atoms with Crippen LogP contribution >= 0.6 is 0 Å². The van der Waals surface area contributed by atoms with Gasteiger partial charge in [0.1, 0.15) is 12.2 Å². The summed E-state index contributed by atoms with van der Waals surface area (Å²) in [6.07, 6.45) is -0.570. The Kier molecular flexibility index (Phi) is 3.88. The van der Waals surface area contributed by atoms with Crippen molar-refractivity contribution in [2.24, 2.45) is 0 Å². The van der Waals surface area contributed by atoms with Crippen molar-refractivity contribution in [3.63, 3.8) is 0 Å². The van der Waals surface area contributed by atoms with Gasteiger partial charge in [-0.2, -0.15) is 0 Å². The smallest absolute Gasteiger partial charge is 0.164 e. The van der Waals surface area contributed by atoms with Crippen LogP contribution < -0.4 is 0 Å². The number of hydrogen-bond donors (Lipinski definition) is 1. The average molecular weight is 294 g/mol. The van der Waals surface area contributed by atoms with E-state index in [2.05, 4.69) is 19.6 Å². The van der Waals surface area contributed by atoms with E-state index in [1.54, 1.807) is 0 Å². The molecule has 0 aromatic heterocycles. The summed E-state index contributed by atoms with van der Waals surface area (Å²) < 4.78 is 12.1. The summed E-state index contributed by atoms with van der Waals surface area (Å²) in [5, 5.41) is 10.2. The molecule has 0 bridgehead atoms. The summed E-state index contributed by atoms with van der Waals surface area (Å²) in [4.78, 5) is 0. The summed E-state index contributed by atoms with van der Waals surface area (Å²) >= 11 is 0. The van der Waals surface area contributed by atoms with E-state index in [0.717, 1.165) is 5.56 Å². The van der Waals surface area contributed by atoms with E-state index in [9.17, 15) is 5.11 Å². The molecule has 4 heteroatoms. The zero-order valence-electron chi connectivity index (χ0n) is 13.3. The first-order valence-corrected chi connectivity index (χ1v) is 10.7. The van der Waals surface area contributed by atoms with Gasteiger partial charge in [-0.3, -0.25) is 0 Å². The van der Waals surface area contributed by atoms with Gasteiger partial charge in [-0.15, -0.1) is 0 Å². The summed E-state index contributed by atoms with van der Waals surface area (Å²) in [5.41, 5.74) is 1.06. The van der Waals surface area contributed by atoms with E-state index >= 15 is 0 Å². The fraction of sp³-hybridized carbons (Fsp3) is 0.625. The molecule has 3 atom stereocenters. The largest absolute Gasteiger partial charge is 0.391 e. The van der Waals surface area contributed by atoms with Crippen LogP contribution in [0.5, 0.6) is 0 Å². The highest BCUT2D eigenvalue weighted by Crippen LogP contribution is 2.45. The lowest BCUT2D eigenvalue weighted by Gasteiger charge is -2.41. The highest BCUT2D eigenvalue weighted by atomic mass is 28.3. The average Bonchev–Trinajstić information content (AvgIpc) is 2.66. The molecule has 0 spiro atoms. The van der Waals surface area contributed by atoms with Gasteiger partial charge in [-0.1, -0.05) is 50.0 Å². The van der Waals surface area contributed by atoms with E-state index in [1.807, 2.05) is 51.1 Å². The van der Waals surface area contributed by atoms with Crippen molar-refractivity contribution in [3.05, 3.63) is 35.9 Å². The van der Waals surface area contributed by atoms with Crippen LogP contribution in [0.1, 0.15) is 32.4 Å². The Hall–Kier alpha value is -0.683. The van der Waals surface area contributed by atoms with Crippen molar-refractivity contribution in [2.75, 3.05) is 0 Å². The van der Waals surface area contributed by atoms with Crippen molar-refractivity contribution in [2.45, 2.75) is 63.6 Å². The summed E-state index contributed by atoms with van der Waals surface area (Å²) in [6, 6.07) is 10.0. The molecule has 1 heterocycles. The van der Waals surface area contributed by atoms with Gasteiger partial charge >= 0.3 is 0 Å². The van der Waals surface area contributed by atoms with Crippen LogP contribution in [0, 0.1) is 0 Å².